The van der Waals surface area contributed by atoms with Crippen molar-refractivity contribution in [3.63, 3.8) is 0 Å². The minimum absolute atomic E-state index is 0.0973. The summed E-state index contributed by atoms with van der Waals surface area (Å²) in [6, 6.07) is 9.61. The Morgan fingerprint density at radius 2 is 1.85 bits per heavy atom. The predicted octanol–water partition coefficient (Wildman–Crippen LogP) is 0.360. The van der Waals surface area contributed by atoms with Gasteiger partial charge in [0.2, 0.25) is 11.8 Å². The molecule has 8 nitrogen and oxygen atoms in total. The van der Waals surface area contributed by atoms with Crippen LogP contribution in [0.2, 0.25) is 0 Å². The highest BCUT2D eigenvalue weighted by Crippen LogP contribution is 2.31. The number of carbonyl (C=O) groups is 3. The Bertz CT molecular complexity index is 619. The van der Waals surface area contributed by atoms with E-state index in [2.05, 4.69) is 16.0 Å². The molecular formula is C19H29N3O5. The number of carboxylic acids is 1. The van der Waals surface area contributed by atoms with Crippen molar-refractivity contribution >= 4 is 17.8 Å². The first-order chi connectivity index (χ1) is 12.8. The first kappa shape index (κ1) is 22.6. The van der Waals surface area contributed by atoms with Crippen LogP contribution in [-0.4, -0.2) is 53.7 Å². The molecule has 2 atom stereocenters. The molecule has 1 aliphatic rings. The molecule has 2 amide bonds. The monoisotopic (exact) mass is 379 g/mol. The molecule has 1 fully saturated rings. The van der Waals surface area contributed by atoms with Crippen molar-refractivity contribution in [2.75, 3.05) is 19.6 Å². The minimum atomic E-state index is -0.833. The molecule has 0 unspecified atom stereocenters. The lowest BCUT2D eigenvalue weighted by atomic mass is 9.79. The van der Waals surface area contributed by atoms with Crippen molar-refractivity contribution < 1.29 is 24.6 Å². The number of carboxylic acid groups (broad SMARTS) is 1. The number of rotatable bonds is 6. The van der Waals surface area contributed by atoms with Gasteiger partial charge in [-0.15, -0.1) is 0 Å². The normalized spacial score (nSPS) is 21.4. The lowest BCUT2D eigenvalue weighted by molar-refractivity contribution is -0.134. The standard InChI is InChI=1S/C17H25N3O3.C2H4O2/c1-13(21)19-10-5-8-16(23)20-17(9-11-18-12-15(17)22)14-6-3-2-4-7-14;1-2(3)4/h2-4,6-7,15,18,22H,5,8-12H2,1H3,(H,19,21)(H,20,23);1H3,(H,3,4)/t15-,17-;/m1./s1. The van der Waals surface area contributed by atoms with Crippen LogP contribution < -0.4 is 16.0 Å². The molecule has 0 spiro atoms. The molecule has 1 aromatic carbocycles. The van der Waals surface area contributed by atoms with Gasteiger partial charge in [0.15, 0.2) is 0 Å². The number of aliphatic carboxylic acids is 1. The van der Waals surface area contributed by atoms with Crippen LogP contribution in [-0.2, 0) is 19.9 Å². The highest BCUT2D eigenvalue weighted by molar-refractivity contribution is 5.77. The second-order valence-electron chi connectivity index (χ2n) is 6.46. The molecule has 150 valence electrons. The number of carbonyl (C=O) groups excluding carboxylic acids is 2. The largest absolute Gasteiger partial charge is 0.481 e. The van der Waals surface area contributed by atoms with Gasteiger partial charge < -0.3 is 26.2 Å². The number of hydrogen-bond acceptors (Lipinski definition) is 5. The zero-order valence-electron chi connectivity index (χ0n) is 15.8. The Kier molecular flexibility index (Phi) is 9.46. The number of aliphatic hydroxyl groups is 1. The fourth-order valence-electron chi connectivity index (χ4n) is 2.98. The maximum atomic E-state index is 12.3. The van der Waals surface area contributed by atoms with Crippen LogP contribution in [0, 0.1) is 0 Å². The molecule has 1 heterocycles. The molecule has 5 N–H and O–H groups in total. The quantitative estimate of drug-likeness (QED) is 0.454. The highest BCUT2D eigenvalue weighted by atomic mass is 16.4. The molecular weight excluding hydrogens is 350 g/mol. The Labute approximate surface area is 159 Å². The maximum absolute atomic E-state index is 12.3. The van der Waals surface area contributed by atoms with Crippen LogP contribution in [0.5, 0.6) is 0 Å². The molecule has 8 heteroatoms. The molecule has 27 heavy (non-hydrogen) atoms. The summed E-state index contributed by atoms with van der Waals surface area (Å²) in [5.41, 5.74) is 0.168. The molecule has 1 saturated heterocycles. The van der Waals surface area contributed by atoms with Gasteiger partial charge in [0, 0.05) is 33.4 Å². The third kappa shape index (κ3) is 7.76. The molecule has 2 rings (SSSR count). The van der Waals surface area contributed by atoms with Gasteiger partial charge in [0.1, 0.15) is 0 Å². The summed E-state index contributed by atoms with van der Waals surface area (Å²) in [6.45, 7) is 4.19. The Balaban J connectivity index is 0.000000828. The zero-order chi connectivity index (χ0) is 20.3. The summed E-state index contributed by atoms with van der Waals surface area (Å²) in [5, 5.41) is 26.8. The molecule has 0 radical (unpaired) electrons. The predicted molar refractivity (Wildman–Crippen MR) is 101 cm³/mol. The second-order valence-corrected chi connectivity index (χ2v) is 6.46. The van der Waals surface area contributed by atoms with E-state index in [1.165, 1.54) is 6.92 Å². The first-order valence-electron chi connectivity index (χ1n) is 8.97. The van der Waals surface area contributed by atoms with Gasteiger partial charge in [-0.3, -0.25) is 14.4 Å². The van der Waals surface area contributed by atoms with Crippen LogP contribution in [0.4, 0.5) is 0 Å². The second kappa shape index (κ2) is 11.3. The smallest absolute Gasteiger partial charge is 0.300 e. The van der Waals surface area contributed by atoms with E-state index in [-0.39, 0.29) is 11.8 Å². The van der Waals surface area contributed by atoms with Gasteiger partial charge >= 0.3 is 0 Å². The van der Waals surface area contributed by atoms with Crippen LogP contribution in [0.3, 0.4) is 0 Å². The number of β-amino-alcohol motifs (C(OH)–C–C–N with tert-alkyl or cyclic N) is 1. The average molecular weight is 379 g/mol. The van der Waals surface area contributed by atoms with E-state index in [0.29, 0.717) is 32.4 Å². The number of aliphatic hydroxyl groups excluding tert-OH is 1. The average Bonchev–Trinajstić information content (AvgIpc) is 2.61. The third-order valence-electron chi connectivity index (χ3n) is 4.21. The Morgan fingerprint density at radius 1 is 1.22 bits per heavy atom. The SMILES string of the molecule is CC(=O)NCCCC(=O)N[C@@]1(c2ccccc2)CCNC[C@H]1O.CC(=O)O. The van der Waals surface area contributed by atoms with Crippen LogP contribution in [0.15, 0.2) is 30.3 Å². The van der Waals surface area contributed by atoms with Crippen molar-refractivity contribution in [1.82, 2.24) is 16.0 Å². The summed E-state index contributed by atoms with van der Waals surface area (Å²) in [6.07, 6.45) is 0.841. The summed E-state index contributed by atoms with van der Waals surface area (Å²) in [5.74, 6) is -1.04. The molecule has 0 bridgehead atoms. The number of hydrogen-bond donors (Lipinski definition) is 5. The van der Waals surface area contributed by atoms with Gasteiger partial charge in [-0.25, -0.2) is 0 Å². The van der Waals surface area contributed by atoms with E-state index in [0.717, 1.165) is 19.0 Å². The van der Waals surface area contributed by atoms with Crippen molar-refractivity contribution in [3.05, 3.63) is 35.9 Å². The van der Waals surface area contributed by atoms with E-state index in [1.54, 1.807) is 0 Å². The lowest BCUT2D eigenvalue weighted by Crippen LogP contribution is -2.61. The first-order valence-corrected chi connectivity index (χ1v) is 8.97. The van der Waals surface area contributed by atoms with E-state index in [4.69, 9.17) is 9.90 Å². The van der Waals surface area contributed by atoms with Crippen LogP contribution in [0.1, 0.15) is 38.7 Å². The summed E-state index contributed by atoms with van der Waals surface area (Å²) >= 11 is 0. The van der Waals surface area contributed by atoms with E-state index in [1.807, 2.05) is 30.3 Å². The van der Waals surface area contributed by atoms with Crippen molar-refractivity contribution in [3.8, 4) is 0 Å². The maximum Gasteiger partial charge on any atom is 0.300 e. The van der Waals surface area contributed by atoms with E-state index in [9.17, 15) is 14.7 Å². The summed E-state index contributed by atoms with van der Waals surface area (Å²) < 4.78 is 0. The van der Waals surface area contributed by atoms with Crippen molar-refractivity contribution in [2.45, 2.75) is 44.8 Å². The van der Waals surface area contributed by atoms with Gasteiger partial charge in [-0.2, -0.15) is 0 Å². The Hall–Kier alpha value is -2.45. The van der Waals surface area contributed by atoms with Crippen LogP contribution in [0.25, 0.3) is 0 Å². The minimum Gasteiger partial charge on any atom is -0.481 e. The molecule has 1 aliphatic heterocycles. The van der Waals surface area contributed by atoms with Gasteiger partial charge in [0.25, 0.3) is 5.97 Å². The summed E-state index contributed by atoms with van der Waals surface area (Å²) in [4.78, 5) is 32.2. The number of piperidine rings is 1. The van der Waals surface area contributed by atoms with E-state index >= 15 is 0 Å². The van der Waals surface area contributed by atoms with Crippen LogP contribution >= 0.6 is 0 Å². The molecule has 0 saturated carbocycles. The van der Waals surface area contributed by atoms with E-state index < -0.39 is 17.6 Å². The lowest BCUT2D eigenvalue weighted by Gasteiger charge is -2.43. The van der Waals surface area contributed by atoms with Gasteiger partial charge in [-0.1, -0.05) is 30.3 Å². The zero-order valence-corrected chi connectivity index (χ0v) is 15.8. The van der Waals surface area contributed by atoms with Gasteiger partial charge in [-0.05, 0) is 24.9 Å². The molecule has 0 aromatic heterocycles. The number of amides is 2. The molecule has 0 aliphatic carbocycles. The fraction of sp³-hybridized carbons (Fsp3) is 0.526. The van der Waals surface area contributed by atoms with Crippen molar-refractivity contribution in [1.29, 1.82) is 0 Å². The number of nitrogens with one attached hydrogen (secondary N) is 3. The summed E-state index contributed by atoms with van der Waals surface area (Å²) in [7, 11) is 0. The Morgan fingerprint density at radius 3 is 2.41 bits per heavy atom. The highest BCUT2D eigenvalue weighted by Gasteiger charge is 2.42. The van der Waals surface area contributed by atoms with Crippen molar-refractivity contribution in [2.24, 2.45) is 0 Å². The third-order valence-corrected chi connectivity index (χ3v) is 4.21. The topological polar surface area (TPSA) is 128 Å². The van der Waals surface area contributed by atoms with Gasteiger partial charge in [0.05, 0.1) is 11.6 Å². The fourth-order valence-corrected chi connectivity index (χ4v) is 2.98. The molecule has 1 aromatic rings. The number of benzene rings is 1.